The maximum absolute atomic E-state index is 11.8. The molecule has 0 aliphatic heterocycles. The molecule has 0 spiro atoms. The molecular formula is C16H24ClN5O. The number of carbonyl (C=O) groups excluding carboxylic acids is 1. The largest absolute Gasteiger partial charge is 0.350 e. The van der Waals surface area contributed by atoms with Crippen LogP contribution in [0.2, 0.25) is 0 Å². The second-order valence-electron chi connectivity index (χ2n) is 6.31. The van der Waals surface area contributed by atoms with E-state index < -0.39 is 0 Å². The molecule has 0 saturated carbocycles. The second-order valence-corrected chi connectivity index (χ2v) is 6.31. The molecule has 6 nitrogen and oxygen atoms in total. The first kappa shape index (κ1) is 19.1. The van der Waals surface area contributed by atoms with E-state index in [2.05, 4.69) is 20.7 Å². The normalized spacial score (nSPS) is 11.0. The standard InChI is InChI=1S/C16H23N5O.ClH/c1-16(2,3)19-14(22)10-18-9-13-11-21(4)20-15(13)12-5-7-17-8-6-12;/h5-8,11,18H,9-10H2,1-4H3,(H,19,22);1H. The summed E-state index contributed by atoms with van der Waals surface area (Å²) >= 11 is 0. The summed E-state index contributed by atoms with van der Waals surface area (Å²) in [5, 5.41) is 10.6. The Morgan fingerprint density at radius 1 is 1.26 bits per heavy atom. The molecule has 0 unspecified atom stereocenters. The molecule has 2 aromatic heterocycles. The number of aryl methyl sites for hydroxylation is 1. The van der Waals surface area contributed by atoms with E-state index in [0.717, 1.165) is 16.8 Å². The van der Waals surface area contributed by atoms with Crippen LogP contribution < -0.4 is 10.6 Å². The Bertz CT molecular complexity index is 634. The highest BCUT2D eigenvalue weighted by molar-refractivity contribution is 5.85. The van der Waals surface area contributed by atoms with Crippen LogP contribution in [-0.4, -0.2) is 32.8 Å². The van der Waals surface area contributed by atoms with Crippen LogP contribution in [0.15, 0.2) is 30.7 Å². The van der Waals surface area contributed by atoms with Crippen molar-refractivity contribution in [3.63, 3.8) is 0 Å². The Kier molecular flexibility index (Phi) is 6.72. The van der Waals surface area contributed by atoms with Gasteiger partial charge in [0.05, 0.1) is 12.2 Å². The second kappa shape index (κ2) is 8.08. The van der Waals surface area contributed by atoms with Gasteiger partial charge < -0.3 is 10.6 Å². The topological polar surface area (TPSA) is 71.8 Å². The van der Waals surface area contributed by atoms with Crippen LogP contribution in [-0.2, 0) is 18.4 Å². The third kappa shape index (κ3) is 6.00. The van der Waals surface area contributed by atoms with Crippen LogP contribution >= 0.6 is 12.4 Å². The lowest BCUT2D eigenvalue weighted by molar-refractivity contribution is -0.121. The van der Waals surface area contributed by atoms with Crippen LogP contribution in [0, 0.1) is 0 Å². The lowest BCUT2D eigenvalue weighted by Crippen LogP contribution is -2.44. The summed E-state index contributed by atoms with van der Waals surface area (Å²) < 4.78 is 1.78. The Morgan fingerprint density at radius 3 is 2.52 bits per heavy atom. The first-order valence-corrected chi connectivity index (χ1v) is 7.30. The van der Waals surface area contributed by atoms with Crippen LogP contribution in [0.1, 0.15) is 26.3 Å². The number of nitrogens with zero attached hydrogens (tertiary/aromatic N) is 3. The Labute approximate surface area is 143 Å². The quantitative estimate of drug-likeness (QED) is 0.874. The fourth-order valence-corrected chi connectivity index (χ4v) is 2.19. The fraction of sp³-hybridized carbons (Fsp3) is 0.438. The predicted octanol–water partition coefficient (Wildman–Crippen LogP) is 1.91. The van der Waals surface area contributed by atoms with Gasteiger partial charge in [0, 0.05) is 48.8 Å². The third-order valence-electron chi connectivity index (χ3n) is 2.97. The number of carbonyl (C=O) groups is 1. The molecule has 126 valence electrons. The number of amides is 1. The molecule has 2 heterocycles. The van der Waals surface area contributed by atoms with Crippen molar-refractivity contribution in [1.29, 1.82) is 0 Å². The van der Waals surface area contributed by atoms with Gasteiger partial charge in [-0.2, -0.15) is 5.10 Å². The van der Waals surface area contributed by atoms with E-state index in [4.69, 9.17) is 0 Å². The molecule has 2 aromatic rings. The highest BCUT2D eigenvalue weighted by Gasteiger charge is 2.14. The van der Waals surface area contributed by atoms with Crippen LogP contribution in [0.4, 0.5) is 0 Å². The minimum atomic E-state index is -0.213. The zero-order valence-corrected chi connectivity index (χ0v) is 14.8. The van der Waals surface area contributed by atoms with Gasteiger partial charge in [-0.1, -0.05) is 0 Å². The van der Waals surface area contributed by atoms with E-state index in [1.165, 1.54) is 0 Å². The molecule has 0 aromatic carbocycles. The molecule has 0 fully saturated rings. The van der Waals surface area contributed by atoms with Gasteiger partial charge in [-0.05, 0) is 32.9 Å². The molecule has 0 aliphatic rings. The van der Waals surface area contributed by atoms with Gasteiger partial charge in [-0.3, -0.25) is 14.5 Å². The van der Waals surface area contributed by atoms with Gasteiger partial charge >= 0.3 is 0 Å². The van der Waals surface area contributed by atoms with E-state index in [9.17, 15) is 4.79 Å². The third-order valence-corrected chi connectivity index (χ3v) is 2.97. The summed E-state index contributed by atoms with van der Waals surface area (Å²) in [4.78, 5) is 15.8. The highest BCUT2D eigenvalue weighted by Crippen LogP contribution is 2.20. The number of aromatic nitrogens is 3. The molecular weight excluding hydrogens is 314 g/mol. The molecule has 23 heavy (non-hydrogen) atoms. The number of rotatable bonds is 5. The van der Waals surface area contributed by atoms with Gasteiger partial charge in [-0.25, -0.2) is 0 Å². The van der Waals surface area contributed by atoms with Crippen LogP contribution in [0.5, 0.6) is 0 Å². The van der Waals surface area contributed by atoms with E-state index in [0.29, 0.717) is 6.54 Å². The van der Waals surface area contributed by atoms with E-state index in [1.54, 1.807) is 17.1 Å². The first-order valence-electron chi connectivity index (χ1n) is 7.30. The predicted molar refractivity (Wildman–Crippen MR) is 93.3 cm³/mol. The summed E-state index contributed by atoms with van der Waals surface area (Å²) in [5.74, 6) is -0.0122. The zero-order valence-electron chi connectivity index (χ0n) is 14.0. The number of halogens is 1. The van der Waals surface area contributed by atoms with Crippen molar-refractivity contribution in [3.8, 4) is 11.3 Å². The minimum Gasteiger partial charge on any atom is -0.350 e. The number of hydrogen-bond acceptors (Lipinski definition) is 4. The first-order chi connectivity index (χ1) is 10.3. The number of pyridine rings is 1. The maximum Gasteiger partial charge on any atom is 0.234 e. The van der Waals surface area contributed by atoms with E-state index in [1.807, 2.05) is 46.1 Å². The molecule has 7 heteroatoms. The molecule has 0 atom stereocenters. The molecule has 0 saturated heterocycles. The summed E-state index contributed by atoms with van der Waals surface area (Å²) in [5.41, 5.74) is 2.77. The van der Waals surface area contributed by atoms with Crippen molar-refractivity contribution in [3.05, 3.63) is 36.3 Å². The lowest BCUT2D eigenvalue weighted by Gasteiger charge is -2.20. The number of hydrogen-bond donors (Lipinski definition) is 2. The Hall–Kier alpha value is -1.92. The molecule has 0 aliphatic carbocycles. The van der Waals surface area contributed by atoms with Crippen molar-refractivity contribution in [2.75, 3.05) is 6.54 Å². The minimum absolute atomic E-state index is 0. The fourth-order valence-electron chi connectivity index (χ4n) is 2.19. The van der Waals surface area contributed by atoms with Gasteiger partial charge in [-0.15, -0.1) is 12.4 Å². The smallest absolute Gasteiger partial charge is 0.234 e. The van der Waals surface area contributed by atoms with Gasteiger partial charge in [0.15, 0.2) is 0 Å². The molecule has 2 rings (SSSR count). The average molecular weight is 338 g/mol. The van der Waals surface area contributed by atoms with E-state index >= 15 is 0 Å². The Morgan fingerprint density at radius 2 is 1.91 bits per heavy atom. The van der Waals surface area contributed by atoms with Crippen molar-refractivity contribution in [1.82, 2.24) is 25.4 Å². The highest BCUT2D eigenvalue weighted by atomic mass is 35.5. The lowest BCUT2D eigenvalue weighted by atomic mass is 10.1. The summed E-state index contributed by atoms with van der Waals surface area (Å²) in [7, 11) is 1.89. The molecule has 0 bridgehead atoms. The summed E-state index contributed by atoms with van der Waals surface area (Å²) in [6, 6.07) is 3.86. The number of nitrogens with one attached hydrogen (secondary N) is 2. The molecule has 0 radical (unpaired) electrons. The summed E-state index contributed by atoms with van der Waals surface area (Å²) in [6.45, 7) is 6.76. The van der Waals surface area contributed by atoms with E-state index in [-0.39, 0.29) is 30.4 Å². The van der Waals surface area contributed by atoms with Gasteiger partial charge in [0.25, 0.3) is 0 Å². The van der Waals surface area contributed by atoms with Crippen LogP contribution in [0.25, 0.3) is 11.3 Å². The SMILES string of the molecule is Cl.Cn1cc(CNCC(=O)NC(C)(C)C)c(-c2ccncc2)n1. The maximum atomic E-state index is 11.8. The van der Waals surface area contributed by atoms with Crippen molar-refractivity contribution >= 4 is 18.3 Å². The van der Waals surface area contributed by atoms with Gasteiger partial charge in [0.1, 0.15) is 0 Å². The summed E-state index contributed by atoms with van der Waals surface area (Å²) in [6.07, 6.45) is 5.46. The van der Waals surface area contributed by atoms with Crippen LogP contribution in [0.3, 0.4) is 0 Å². The van der Waals surface area contributed by atoms with Crippen molar-refractivity contribution in [2.24, 2.45) is 7.05 Å². The van der Waals surface area contributed by atoms with Crippen molar-refractivity contribution in [2.45, 2.75) is 32.9 Å². The average Bonchev–Trinajstić information content (AvgIpc) is 2.79. The zero-order chi connectivity index (χ0) is 16.2. The monoisotopic (exact) mass is 337 g/mol. The Balaban J connectivity index is 0.00000264. The van der Waals surface area contributed by atoms with Crippen molar-refractivity contribution < 1.29 is 4.79 Å². The van der Waals surface area contributed by atoms with Gasteiger partial charge in [0.2, 0.25) is 5.91 Å². The molecule has 1 amide bonds. The molecule has 2 N–H and O–H groups in total.